The molecule has 6 nitrogen and oxygen atoms in total. The molecule has 138 valence electrons. The van der Waals surface area contributed by atoms with Crippen LogP contribution >= 0.6 is 0 Å². The quantitative estimate of drug-likeness (QED) is 0.708. The summed E-state index contributed by atoms with van der Waals surface area (Å²) in [7, 11) is 2.11. The van der Waals surface area contributed by atoms with Gasteiger partial charge in [-0.1, -0.05) is 47.7 Å². The minimum atomic E-state index is -0.258. The van der Waals surface area contributed by atoms with Gasteiger partial charge in [-0.15, -0.1) is 5.10 Å². The summed E-state index contributed by atoms with van der Waals surface area (Å²) in [5.41, 5.74) is 11.8. The smallest absolute Gasteiger partial charge is 0.217 e. The van der Waals surface area contributed by atoms with Gasteiger partial charge in [0.05, 0.1) is 5.69 Å². The monoisotopic (exact) mass is 361 g/mol. The highest BCUT2D eigenvalue weighted by Crippen LogP contribution is 2.40. The third-order valence-corrected chi connectivity index (χ3v) is 5.03. The number of hydrogen-bond acceptors (Lipinski definition) is 4. The minimum Gasteiger partial charge on any atom is -0.370 e. The van der Waals surface area contributed by atoms with E-state index in [0.717, 1.165) is 47.6 Å². The number of fused-ring (bicyclic) bond motifs is 5. The molecule has 0 radical (unpaired) electrons. The lowest BCUT2D eigenvalue weighted by Gasteiger charge is -2.26. The second-order valence-corrected chi connectivity index (χ2v) is 6.96. The van der Waals surface area contributed by atoms with Crippen LogP contribution in [0, 0.1) is 0 Å². The molecule has 2 aromatic carbocycles. The fraction of sp³-hybridized carbons (Fsp3) is 0.286. The number of carbonyl (C=O) groups is 1. The number of amides is 1. The summed E-state index contributed by atoms with van der Waals surface area (Å²) in [5, 5.41) is 8.99. The number of aryl methyl sites for hydroxylation is 1. The largest absolute Gasteiger partial charge is 0.370 e. The molecule has 27 heavy (non-hydrogen) atoms. The Kier molecular flexibility index (Phi) is 4.62. The van der Waals surface area contributed by atoms with Crippen molar-refractivity contribution in [1.82, 2.24) is 15.0 Å². The lowest BCUT2D eigenvalue weighted by Crippen LogP contribution is -2.19. The zero-order chi connectivity index (χ0) is 18.8. The standard InChI is InChI=1S/C21H23N5O/c1-25-14-15-8-2-3-9-16(15)21-20(17-10-4-5-11-18(17)25)23-24-26(21)13-7-6-12-19(22)27/h2-5,8-11H,6-7,12-14H2,1H3,(H2,22,27). The van der Waals surface area contributed by atoms with Gasteiger partial charge >= 0.3 is 0 Å². The molecular weight excluding hydrogens is 338 g/mol. The molecule has 2 N–H and O–H groups in total. The number of aromatic nitrogens is 3. The molecule has 0 unspecified atom stereocenters. The molecule has 1 aliphatic rings. The van der Waals surface area contributed by atoms with Crippen molar-refractivity contribution < 1.29 is 4.79 Å². The summed E-state index contributed by atoms with van der Waals surface area (Å²) in [4.78, 5) is 13.2. The van der Waals surface area contributed by atoms with Crippen molar-refractivity contribution in [2.24, 2.45) is 5.73 Å². The van der Waals surface area contributed by atoms with Crippen molar-refractivity contribution in [3.63, 3.8) is 0 Å². The van der Waals surface area contributed by atoms with E-state index in [1.165, 1.54) is 5.56 Å². The van der Waals surface area contributed by atoms with E-state index in [-0.39, 0.29) is 5.91 Å². The fourth-order valence-electron chi connectivity index (χ4n) is 3.72. The first-order chi connectivity index (χ1) is 13.1. The number of benzene rings is 2. The Morgan fingerprint density at radius 2 is 1.81 bits per heavy atom. The molecule has 0 aliphatic carbocycles. The average molecular weight is 361 g/mol. The van der Waals surface area contributed by atoms with Crippen LogP contribution in [0.25, 0.3) is 22.5 Å². The summed E-state index contributed by atoms with van der Waals surface area (Å²) >= 11 is 0. The van der Waals surface area contributed by atoms with E-state index in [0.29, 0.717) is 13.0 Å². The lowest BCUT2D eigenvalue weighted by molar-refractivity contribution is -0.118. The highest BCUT2D eigenvalue weighted by atomic mass is 16.1. The van der Waals surface area contributed by atoms with E-state index >= 15 is 0 Å². The molecule has 0 bridgehead atoms. The zero-order valence-corrected chi connectivity index (χ0v) is 15.4. The third-order valence-electron chi connectivity index (χ3n) is 5.03. The molecule has 1 aromatic heterocycles. The van der Waals surface area contributed by atoms with Gasteiger partial charge in [0.1, 0.15) is 5.69 Å². The molecule has 0 atom stereocenters. The number of hydrogen-bond donors (Lipinski definition) is 1. The second-order valence-electron chi connectivity index (χ2n) is 6.96. The molecule has 1 aliphatic heterocycles. The summed E-state index contributed by atoms with van der Waals surface area (Å²) in [6.45, 7) is 1.53. The number of primary amides is 1. The number of carbonyl (C=O) groups excluding carboxylic acids is 1. The van der Waals surface area contributed by atoms with Gasteiger partial charge in [-0.25, -0.2) is 4.68 Å². The molecular formula is C21H23N5O. The van der Waals surface area contributed by atoms with Crippen LogP contribution in [0.3, 0.4) is 0 Å². The molecule has 0 fully saturated rings. The van der Waals surface area contributed by atoms with Gasteiger partial charge in [-0.2, -0.15) is 0 Å². The Labute approximate surface area is 158 Å². The predicted molar refractivity (Wildman–Crippen MR) is 106 cm³/mol. The van der Waals surface area contributed by atoms with Crippen LogP contribution in [0.1, 0.15) is 24.8 Å². The first-order valence-electron chi connectivity index (χ1n) is 9.26. The summed E-state index contributed by atoms with van der Waals surface area (Å²) < 4.78 is 1.97. The number of anilines is 1. The van der Waals surface area contributed by atoms with Crippen LogP contribution in [-0.2, 0) is 17.9 Å². The van der Waals surface area contributed by atoms with Crippen LogP contribution in [0.4, 0.5) is 5.69 Å². The number of nitrogens with two attached hydrogens (primary N) is 1. The SMILES string of the molecule is CN1Cc2ccccc2-c2c(nnn2CCCCC(N)=O)-c2ccccc21. The first-order valence-corrected chi connectivity index (χ1v) is 9.26. The van der Waals surface area contributed by atoms with Crippen molar-refractivity contribution in [3.8, 4) is 22.5 Å². The Balaban J connectivity index is 1.80. The van der Waals surface area contributed by atoms with Crippen molar-refractivity contribution in [3.05, 3.63) is 54.1 Å². The van der Waals surface area contributed by atoms with E-state index < -0.39 is 0 Å². The maximum Gasteiger partial charge on any atom is 0.217 e. The van der Waals surface area contributed by atoms with Crippen LogP contribution < -0.4 is 10.6 Å². The summed E-state index contributed by atoms with van der Waals surface area (Å²) in [6, 6.07) is 16.7. The molecule has 0 saturated carbocycles. The zero-order valence-electron chi connectivity index (χ0n) is 15.4. The number of rotatable bonds is 5. The minimum absolute atomic E-state index is 0.258. The van der Waals surface area contributed by atoms with Crippen LogP contribution in [0.2, 0.25) is 0 Å². The fourth-order valence-corrected chi connectivity index (χ4v) is 3.72. The van der Waals surface area contributed by atoms with Gasteiger partial charge in [-0.3, -0.25) is 4.79 Å². The Morgan fingerprint density at radius 1 is 1.07 bits per heavy atom. The summed E-state index contributed by atoms with van der Waals surface area (Å²) in [5.74, 6) is -0.258. The number of nitrogens with zero attached hydrogens (tertiary/aromatic N) is 4. The molecule has 0 spiro atoms. The Hall–Kier alpha value is -3.15. The van der Waals surface area contributed by atoms with Gasteiger partial charge in [-0.05, 0) is 24.5 Å². The first kappa shape index (κ1) is 17.3. The van der Waals surface area contributed by atoms with Gasteiger partial charge in [0.2, 0.25) is 5.91 Å². The van der Waals surface area contributed by atoms with Gasteiger partial charge < -0.3 is 10.6 Å². The van der Waals surface area contributed by atoms with Crippen molar-refractivity contribution in [2.45, 2.75) is 32.4 Å². The highest BCUT2D eigenvalue weighted by molar-refractivity contribution is 5.87. The molecule has 2 heterocycles. The van der Waals surface area contributed by atoms with E-state index in [9.17, 15) is 4.79 Å². The van der Waals surface area contributed by atoms with E-state index in [1.54, 1.807) is 0 Å². The third kappa shape index (κ3) is 3.30. The average Bonchev–Trinajstić information content (AvgIpc) is 3.07. The molecule has 4 rings (SSSR count). The van der Waals surface area contributed by atoms with Crippen LogP contribution in [-0.4, -0.2) is 27.9 Å². The van der Waals surface area contributed by atoms with Gasteiger partial charge in [0, 0.05) is 43.4 Å². The van der Waals surface area contributed by atoms with Gasteiger partial charge in [0.15, 0.2) is 0 Å². The molecule has 3 aromatic rings. The summed E-state index contributed by atoms with van der Waals surface area (Å²) in [6.07, 6.45) is 1.99. The number of unbranched alkanes of at least 4 members (excludes halogenated alkanes) is 1. The maximum absolute atomic E-state index is 11.0. The second kappa shape index (κ2) is 7.23. The normalized spacial score (nSPS) is 12.6. The van der Waals surface area contributed by atoms with E-state index in [1.807, 2.05) is 10.7 Å². The Morgan fingerprint density at radius 3 is 2.63 bits per heavy atom. The van der Waals surface area contributed by atoms with Crippen molar-refractivity contribution in [2.75, 3.05) is 11.9 Å². The maximum atomic E-state index is 11.0. The van der Waals surface area contributed by atoms with Crippen LogP contribution in [0.15, 0.2) is 48.5 Å². The highest BCUT2D eigenvalue weighted by Gasteiger charge is 2.24. The van der Waals surface area contributed by atoms with Gasteiger partial charge in [0.25, 0.3) is 0 Å². The molecule has 1 amide bonds. The van der Waals surface area contributed by atoms with E-state index in [2.05, 4.69) is 64.7 Å². The topological polar surface area (TPSA) is 77.0 Å². The molecule has 0 saturated heterocycles. The Bertz CT molecular complexity index is 978. The lowest BCUT2D eigenvalue weighted by atomic mass is 9.96. The van der Waals surface area contributed by atoms with E-state index in [4.69, 9.17) is 5.73 Å². The predicted octanol–water partition coefficient (Wildman–Crippen LogP) is 3.22. The number of para-hydroxylation sites is 1. The van der Waals surface area contributed by atoms with Crippen LogP contribution in [0.5, 0.6) is 0 Å². The molecule has 6 heteroatoms. The van der Waals surface area contributed by atoms with Crippen molar-refractivity contribution >= 4 is 11.6 Å². The van der Waals surface area contributed by atoms with Crippen molar-refractivity contribution in [1.29, 1.82) is 0 Å².